The zero-order valence-corrected chi connectivity index (χ0v) is 10.2. The van der Waals surface area contributed by atoms with Gasteiger partial charge >= 0.3 is 6.18 Å². The number of hydrogen-bond donors (Lipinski definition) is 1. The maximum Gasteiger partial charge on any atom is 0.401 e. The SMILES string of the molecule is FC(F)(F)CNCc1cc2cccc(Br)c2o1. The molecule has 0 spiro atoms. The van der Waals surface area contributed by atoms with Gasteiger partial charge in [0.2, 0.25) is 0 Å². The number of hydrogen-bond acceptors (Lipinski definition) is 2. The van der Waals surface area contributed by atoms with Gasteiger partial charge in [0.1, 0.15) is 11.3 Å². The van der Waals surface area contributed by atoms with Crippen LogP contribution in [0.1, 0.15) is 5.76 Å². The molecule has 2 aromatic rings. The lowest BCUT2D eigenvalue weighted by molar-refractivity contribution is -0.125. The molecular weight excluding hydrogens is 299 g/mol. The fourth-order valence-electron chi connectivity index (χ4n) is 1.50. The maximum absolute atomic E-state index is 11.9. The van der Waals surface area contributed by atoms with Crippen LogP contribution in [0, 0.1) is 0 Å². The van der Waals surface area contributed by atoms with Gasteiger partial charge in [-0.2, -0.15) is 13.2 Å². The van der Waals surface area contributed by atoms with Gasteiger partial charge < -0.3 is 9.73 Å². The zero-order chi connectivity index (χ0) is 12.5. The van der Waals surface area contributed by atoms with Crippen LogP contribution in [0.3, 0.4) is 0 Å². The third-order valence-electron chi connectivity index (χ3n) is 2.17. The van der Waals surface area contributed by atoms with Crippen molar-refractivity contribution >= 4 is 26.9 Å². The van der Waals surface area contributed by atoms with Crippen LogP contribution in [0.4, 0.5) is 13.2 Å². The van der Waals surface area contributed by atoms with E-state index in [9.17, 15) is 13.2 Å². The van der Waals surface area contributed by atoms with E-state index in [1.54, 1.807) is 6.07 Å². The van der Waals surface area contributed by atoms with E-state index in [0.29, 0.717) is 11.3 Å². The van der Waals surface area contributed by atoms with E-state index in [0.717, 1.165) is 9.86 Å². The fourth-order valence-corrected chi connectivity index (χ4v) is 1.96. The Morgan fingerprint density at radius 1 is 1.29 bits per heavy atom. The summed E-state index contributed by atoms with van der Waals surface area (Å²) in [6, 6.07) is 7.23. The average molecular weight is 308 g/mol. The van der Waals surface area contributed by atoms with Gasteiger partial charge in [0.25, 0.3) is 0 Å². The van der Waals surface area contributed by atoms with E-state index in [1.165, 1.54) is 0 Å². The first-order chi connectivity index (χ1) is 7.96. The second-order valence-electron chi connectivity index (χ2n) is 3.59. The Hall–Kier alpha value is -1.01. The molecule has 0 bridgehead atoms. The van der Waals surface area contributed by atoms with Crippen molar-refractivity contribution in [2.75, 3.05) is 6.54 Å². The molecule has 6 heteroatoms. The molecule has 0 aliphatic carbocycles. The first-order valence-corrected chi connectivity index (χ1v) is 5.69. The molecule has 2 nitrogen and oxygen atoms in total. The largest absolute Gasteiger partial charge is 0.459 e. The highest BCUT2D eigenvalue weighted by Crippen LogP contribution is 2.26. The molecule has 1 N–H and O–H groups in total. The molecule has 17 heavy (non-hydrogen) atoms. The molecule has 0 fully saturated rings. The number of halogens is 4. The molecule has 92 valence electrons. The smallest absolute Gasteiger partial charge is 0.401 e. The summed E-state index contributed by atoms with van der Waals surface area (Å²) in [4.78, 5) is 0. The summed E-state index contributed by atoms with van der Waals surface area (Å²) >= 11 is 3.32. The first kappa shape index (κ1) is 12.4. The van der Waals surface area contributed by atoms with E-state index in [4.69, 9.17) is 4.42 Å². The summed E-state index contributed by atoms with van der Waals surface area (Å²) in [6.45, 7) is -0.966. The molecule has 1 aromatic heterocycles. The quantitative estimate of drug-likeness (QED) is 0.932. The second kappa shape index (κ2) is 4.70. The Morgan fingerprint density at radius 2 is 2.06 bits per heavy atom. The van der Waals surface area contributed by atoms with Crippen molar-refractivity contribution in [3.05, 3.63) is 34.5 Å². The van der Waals surface area contributed by atoms with Crippen LogP contribution in [0.15, 0.2) is 33.2 Å². The minimum absolute atomic E-state index is 0.0562. The minimum Gasteiger partial charge on any atom is -0.459 e. The van der Waals surface area contributed by atoms with Gasteiger partial charge in [-0.05, 0) is 28.1 Å². The number of furan rings is 1. The van der Waals surface area contributed by atoms with Crippen molar-refractivity contribution in [1.29, 1.82) is 0 Å². The first-order valence-electron chi connectivity index (χ1n) is 4.90. The zero-order valence-electron chi connectivity index (χ0n) is 8.64. The normalized spacial score (nSPS) is 12.2. The van der Waals surface area contributed by atoms with Gasteiger partial charge in [-0.25, -0.2) is 0 Å². The molecule has 0 aliphatic rings. The Labute approximate surface area is 104 Å². The lowest BCUT2D eigenvalue weighted by Crippen LogP contribution is -2.28. The fraction of sp³-hybridized carbons (Fsp3) is 0.273. The van der Waals surface area contributed by atoms with Crippen molar-refractivity contribution in [3.8, 4) is 0 Å². The monoisotopic (exact) mass is 307 g/mol. The summed E-state index contributed by atoms with van der Waals surface area (Å²) in [5.74, 6) is 0.483. The molecule has 0 radical (unpaired) electrons. The molecule has 0 unspecified atom stereocenters. The minimum atomic E-state index is -4.20. The summed E-state index contributed by atoms with van der Waals surface area (Å²) < 4.78 is 42.0. The van der Waals surface area contributed by atoms with Crippen LogP contribution in [0.2, 0.25) is 0 Å². The molecular formula is C11H9BrF3NO. The average Bonchev–Trinajstić information content (AvgIpc) is 2.60. The third kappa shape index (κ3) is 3.23. The van der Waals surface area contributed by atoms with Crippen molar-refractivity contribution < 1.29 is 17.6 Å². The number of rotatable bonds is 3. The summed E-state index contributed by atoms with van der Waals surface area (Å²) in [6.07, 6.45) is -4.20. The second-order valence-corrected chi connectivity index (χ2v) is 4.44. The van der Waals surface area contributed by atoms with E-state index in [-0.39, 0.29) is 6.54 Å². The van der Waals surface area contributed by atoms with Crippen LogP contribution in [-0.2, 0) is 6.54 Å². The lowest BCUT2D eigenvalue weighted by Gasteiger charge is -2.05. The van der Waals surface area contributed by atoms with Crippen LogP contribution in [0.5, 0.6) is 0 Å². The molecule has 1 aromatic carbocycles. The van der Waals surface area contributed by atoms with Crippen molar-refractivity contribution in [2.24, 2.45) is 0 Å². The molecule has 0 aliphatic heterocycles. The predicted octanol–water partition coefficient (Wildman–Crippen LogP) is 3.85. The van der Waals surface area contributed by atoms with Crippen LogP contribution in [0.25, 0.3) is 11.0 Å². The van der Waals surface area contributed by atoms with Crippen molar-refractivity contribution in [1.82, 2.24) is 5.32 Å². The highest BCUT2D eigenvalue weighted by molar-refractivity contribution is 9.10. The third-order valence-corrected chi connectivity index (χ3v) is 2.80. The summed E-state index contributed by atoms with van der Waals surface area (Å²) in [5, 5.41) is 3.15. The highest BCUT2D eigenvalue weighted by atomic mass is 79.9. The van der Waals surface area contributed by atoms with Crippen LogP contribution in [-0.4, -0.2) is 12.7 Å². The molecule has 1 heterocycles. The number of nitrogens with one attached hydrogen (secondary N) is 1. The molecule has 0 saturated carbocycles. The molecule has 2 rings (SSSR count). The van der Waals surface area contributed by atoms with Crippen molar-refractivity contribution in [2.45, 2.75) is 12.7 Å². The highest BCUT2D eigenvalue weighted by Gasteiger charge is 2.26. The van der Waals surface area contributed by atoms with Gasteiger partial charge in [-0.3, -0.25) is 0 Å². The Morgan fingerprint density at radius 3 is 2.71 bits per heavy atom. The van der Waals surface area contributed by atoms with E-state index in [2.05, 4.69) is 21.2 Å². The van der Waals surface area contributed by atoms with E-state index in [1.807, 2.05) is 18.2 Å². The van der Waals surface area contributed by atoms with Crippen LogP contribution < -0.4 is 5.32 Å². The van der Waals surface area contributed by atoms with Crippen molar-refractivity contribution in [3.63, 3.8) is 0 Å². The van der Waals surface area contributed by atoms with Gasteiger partial charge in [-0.15, -0.1) is 0 Å². The number of benzene rings is 1. The predicted molar refractivity (Wildman–Crippen MR) is 61.7 cm³/mol. The maximum atomic E-state index is 11.9. The Kier molecular flexibility index (Phi) is 3.44. The van der Waals surface area contributed by atoms with Gasteiger partial charge in [0.05, 0.1) is 17.6 Å². The molecule has 0 saturated heterocycles. The molecule has 0 amide bonds. The van der Waals surface area contributed by atoms with Gasteiger partial charge in [0, 0.05) is 5.39 Å². The van der Waals surface area contributed by atoms with Gasteiger partial charge in [-0.1, -0.05) is 12.1 Å². The number of para-hydroxylation sites is 1. The van der Waals surface area contributed by atoms with Crippen LogP contribution >= 0.6 is 15.9 Å². The standard InChI is InChI=1S/C11H9BrF3NO/c12-9-3-1-2-7-4-8(17-10(7)9)5-16-6-11(13,14)15/h1-4,16H,5-6H2. The topological polar surface area (TPSA) is 25.2 Å². The van der Waals surface area contributed by atoms with E-state index < -0.39 is 12.7 Å². The molecule has 0 atom stereocenters. The lowest BCUT2D eigenvalue weighted by atomic mass is 10.2. The summed E-state index contributed by atoms with van der Waals surface area (Å²) in [7, 11) is 0. The Balaban J connectivity index is 2.07. The van der Waals surface area contributed by atoms with Gasteiger partial charge in [0.15, 0.2) is 0 Å². The Bertz CT molecular complexity index is 521. The summed E-state index contributed by atoms with van der Waals surface area (Å²) in [5.41, 5.74) is 0.649. The number of alkyl halides is 3. The number of fused-ring (bicyclic) bond motifs is 1. The van der Waals surface area contributed by atoms with E-state index >= 15 is 0 Å².